The highest BCUT2D eigenvalue weighted by Gasteiger charge is 2.57. The summed E-state index contributed by atoms with van der Waals surface area (Å²) in [4.78, 5) is 31.3. The minimum absolute atomic E-state index is 0.105. The molecule has 4 rings (SSSR count). The third kappa shape index (κ3) is 2.87. The second-order valence-electron chi connectivity index (χ2n) is 8.20. The van der Waals surface area contributed by atoms with E-state index in [4.69, 9.17) is 4.74 Å². The van der Waals surface area contributed by atoms with Crippen LogP contribution < -0.4 is 0 Å². The Morgan fingerprint density at radius 1 is 1.22 bits per heavy atom. The van der Waals surface area contributed by atoms with Gasteiger partial charge in [-0.15, -0.1) is 0 Å². The molecule has 0 unspecified atom stereocenters. The molecule has 5 nitrogen and oxygen atoms in total. The third-order valence-corrected chi connectivity index (χ3v) is 6.81. The van der Waals surface area contributed by atoms with Gasteiger partial charge >= 0.3 is 0 Å². The Kier molecular flexibility index (Phi) is 4.97. The van der Waals surface area contributed by atoms with Gasteiger partial charge in [0.25, 0.3) is 5.91 Å². The van der Waals surface area contributed by atoms with Crippen molar-refractivity contribution in [2.24, 2.45) is 0 Å². The van der Waals surface area contributed by atoms with Crippen molar-refractivity contribution in [3.63, 3.8) is 0 Å². The van der Waals surface area contributed by atoms with E-state index < -0.39 is 0 Å². The summed E-state index contributed by atoms with van der Waals surface area (Å²) in [6.45, 7) is 6.74. The summed E-state index contributed by atoms with van der Waals surface area (Å²) < 4.78 is 5.46. The van der Waals surface area contributed by atoms with E-state index >= 15 is 0 Å². The largest absolute Gasteiger partial charge is 0.378 e. The fourth-order valence-corrected chi connectivity index (χ4v) is 5.37. The minimum atomic E-state index is -0.379. The summed E-state index contributed by atoms with van der Waals surface area (Å²) in [7, 11) is 0. The van der Waals surface area contributed by atoms with Gasteiger partial charge in [-0.05, 0) is 37.8 Å². The molecule has 1 saturated heterocycles. The smallest absolute Gasteiger partial charge is 0.254 e. The Labute approximate surface area is 161 Å². The van der Waals surface area contributed by atoms with Crippen LogP contribution in [-0.2, 0) is 9.53 Å². The van der Waals surface area contributed by atoms with Gasteiger partial charge in [0.2, 0.25) is 5.91 Å². The van der Waals surface area contributed by atoms with Crippen LogP contribution in [0.15, 0.2) is 24.3 Å². The monoisotopic (exact) mass is 370 g/mol. The molecule has 2 heterocycles. The van der Waals surface area contributed by atoms with Gasteiger partial charge in [-0.1, -0.05) is 38.0 Å². The number of ether oxygens (including phenoxy) is 1. The van der Waals surface area contributed by atoms with E-state index in [1.807, 2.05) is 29.2 Å². The first kappa shape index (κ1) is 18.5. The number of fused-ring (bicyclic) bond motifs is 1. The van der Waals surface area contributed by atoms with Crippen molar-refractivity contribution < 1.29 is 14.3 Å². The molecule has 2 fully saturated rings. The van der Waals surface area contributed by atoms with Gasteiger partial charge in [0.15, 0.2) is 0 Å². The normalized spacial score (nSPS) is 25.6. The Balaban J connectivity index is 1.85. The van der Waals surface area contributed by atoms with Crippen molar-refractivity contribution in [2.75, 3.05) is 26.3 Å². The summed E-state index contributed by atoms with van der Waals surface area (Å²) >= 11 is 0. The molecule has 0 aromatic heterocycles. The molecule has 0 bridgehead atoms. The molecule has 5 heteroatoms. The molecule has 2 atom stereocenters. The quantitative estimate of drug-likeness (QED) is 0.821. The molecule has 1 spiro atoms. The number of hydrogen-bond donors (Lipinski definition) is 0. The summed E-state index contributed by atoms with van der Waals surface area (Å²) in [5.74, 6) is 0.0160. The highest BCUT2D eigenvalue weighted by Crippen LogP contribution is 2.52. The van der Waals surface area contributed by atoms with E-state index in [2.05, 4.69) is 18.7 Å². The zero-order chi connectivity index (χ0) is 19.0. The Morgan fingerprint density at radius 3 is 2.56 bits per heavy atom. The van der Waals surface area contributed by atoms with Gasteiger partial charge in [-0.3, -0.25) is 9.59 Å². The molecule has 2 aliphatic heterocycles. The van der Waals surface area contributed by atoms with E-state index in [0.717, 1.165) is 37.7 Å². The lowest BCUT2D eigenvalue weighted by molar-refractivity contribution is -0.141. The maximum absolute atomic E-state index is 13.8. The standard InChI is InChI=1S/C22H30N2O3/c1-3-16(2)24-20(25)18-9-5-4-8-17(18)19(22(24)10-6-7-11-22)21(26)23-12-14-27-15-13-23/h4-5,8-9,16,19H,3,6-7,10-15H2,1-2H3/t16-,19-/m1/s1. The number of hydrogen-bond acceptors (Lipinski definition) is 3. The Bertz CT molecular complexity index is 720. The van der Waals surface area contributed by atoms with Crippen molar-refractivity contribution in [2.45, 2.75) is 63.5 Å². The van der Waals surface area contributed by atoms with E-state index in [0.29, 0.717) is 31.9 Å². The SMILES string of the molecule is CC[C@@H](C)N1C(=O)c2ccccc2[C@H](C(=O)N2CCOCC2)C12CCCC2. The predicted molar refractivity (Wildman–Crippen MR) is 104 cm³/mol. The van der Waals surface area contributed by atoms with Gasteiger partial charge in [-0.2, -0.15) is 0 Å². The Hall–Kier alpha value is -1.88. The fraction of sp³-hybridized carbons (Fsp3) is 0.636. The van der Waals surface area contributed by atoms with Crippen molar-refractivity contribution >= 4 is 11.8 Å². The third-order valence-electron chi connectivity index (χ3n) is 6.81. The van der Waals surface area contributed by atoms with Crippen LogP contribution in [0.1, 0.15) is 67.8 Å². The number of benzene rings is 1. The summed E-state index contributed by atoms with van der Waals surface area (Å²) in [5.41, 5.74) is 1.26. The highest BCUT2D eigenvalue weighted by molar-refractivity contribution is 6.02. The molecule has 3 aliphatic rings. The number of amides is 2. The van der Waals surface area contributed by atoms with Gasteiger partial charge in [0, 0.05) is 24.7 Å². The zero-order valence-corrected chi connectivity index (χ0v) is 16.4. The number of nitrogens with zero attached hydrogens (tertiary/aromatic N) is 2. The first-order valence-corrected chi connectivity index (χ1v) is 10.4. The van der Waals surface area contributed by atoms with Crippen molar-refractivity contribution in [3.05, 3.63) is 35.4 Å². The first-order chi connectivity index (χ1) is 13.1. The average molecular weight is 370 g/mol. The van der Waals surface area contributed by atoms with E-state index in [-0.39, 0.29) is 29.3 Å². The first-order valence-electron chi connectivity index (χ1n) is 10.4. The second kappa shape index (κ2) is 7.27. The predicted octanol–water partition coefficient (Wildman–Crippen LogP) is 3.20. The lowest BCUT2D eigenvalue weighted by atomic mass is 9.70. The van der Waals surface area contributed by atoms with E-state index in [1.54, 1.807) is 0 Å². The Morgan fingerprint density at radius 2 is 1.89 bits per heavy atom. The van der Waals surface area contributed by atoms with Crippen LogP contribution in [0.3, 0.4) is 0 Å². The zero-order valence-electron chi connectivity index (χ0n) is 16.4. The van der Waals surface area contributed by atoms with Gasteiger partial charge in [-0.25, -0.2) is 0 Å². The van der Waals surface area contributed by atoms with Crippen molar-refractivity contribution in [3.8, 4) is 0 Å². The molecule has 0 N–H and O–H groups in total. The summed E-state index contributed by atoms with van der Waals surface area (Å²) in [6.07, 6.45) is 4.88. The van der Waals surface area contributed by atoms with Crippen LogP contribution in [0.4, 0.5) is 0 Å². The highest BCUT2D eigenvalue weighted by atomic mass is 16.5. The topological polar surface area (TPSA) is 49.9 Å². The van der Waals surface area contributed by atoms with Crippen LogP contribution >= 0.6 is 0 Å². The molecular weight excluding hydrogens is 340 g/mol. The maximum Gasteiger partial charge on any atom is 0.254 e. The molecule has 1 aromatic carbocycles. The molecule has 2 amide bonds. The number of carbonyl (C=O) groups excluding carboxylic acids is 2. The number of rotatable bonds is 3. The van der Waals surface area contributed by atoms with Crippen LogP contribution in [0, 0.1) is 0 Å². The van der Waals surface area contributed by atoms with Gasteiger partial charge in [0.05, 0.1) is 24.7 Å². The fourth-order valence-electron chi connectivity index (χ4n) is 5.37. The van der Waals surface area contributed by atoms with Gasteiger partial charge in [0.1, 0.15) is 0 Å². The van der Waals surface area contributed by atoms with Crippen LogP contribution in [0.2, 0.25) is 0 Å². The van der Waals surface area contributed by atoms with Crippen LogP contribution in [0.5, 0.6) is 0 Å². The van der Waals surface area contributed by atoms with E-state index in [1.165, 1.54) is 0 Å². The number of morpholine rings is 1. The molecule has 146 valence electrons. The van der Waals surface area contributed by atoms with Gasteiger partial charge < -0.3 is 14.5 Å². The van der Waals surface area contributed by atoms with Crippen molar-refractivity contribution in [1.82, 2.24) is 9.80 Å². The minimum Gasteiger partial charge on any atom is -0.378 e. The van der Waals surface area contributed by atoms with Crippen LogP contribution in [0.25, 0.3) is 0 Å². The van der Waals surface area contributed by atoms with Crippen molar-refractivity contribution in [1.29, 1.82) is 0 Å². The summed E-state index contributed by atoms with van der Waals surface area (Å²) in [5, 5.41) is 0. The van der Waals surface area contributed by atoms with Crippen LogP contribution in [-0.4, -0.2) is 59.5 Å². The lowest BCUT2D eigenvalue weighted by Crippen LogP contribution is -2.63. The molecule has 27 heavy (non-hydrogen) atoms. The molecule has 1 saturated carbocycles. The molecule has 1 aromatic rings. The molecule has 0 radical (unpaired) electrons. The average Bonchev–Trinajstić information content (AvgIpc) is 3.18. The maximum atomic E-state index is 13.8. The van der Waals surface area contributed by atoms with E-state index in [9.17, 15) is 9.59 Å². The molecular formula is C22H30N2O3. The summed E-state index contributed by atoms with van der Waals surface area (Å²) in [6, 6.07) is 7.91. The number of carbonyl (C=O) groups is 2. The lowest BCUT2D eigenvalue weighted by Gasteiger charge is -2.53. The second-order valence-corrected chi connectivity index (χ2v) is 8.20. The molecule has 1 aliphatic carbocycles.